The van der Waals surface area contributed by atoms with Crippen molar-refractivity contribution in [1.29, 1.82) is 0 Å². The number of benzene rings is 2. The Bertz CT molecular complexity index is 877. The summed E-state index contributed by atoms with van der Waals surface area (Å²) in [7, 11) is 0. The molecule has 1 heterocycles. The number of aryl methyl sites for hydroxylation is 1. The molecule has 0 fully saturated rings. The SMILES string of the molecule is Cc1cnccc1C(=O)N(Cc1ccccc1)c1cc(Cl)cc(Cl)c1. The number of pyridine rings is 1. The molecule has 25 heavy (non-hydrogen) atoms. The average Bonchev–Trinajstić information content (AvgIpc) is 2.59. The zero-order valence-corrected chi connectivity index (χ0v) is 15.1. The molecule has 0 aliphatic carbocycles. The van der Waals surface area contributed by atoms with E-state index in [1.54, 1.807) is 41.6 Å². The summed E-state index contributed by atoms with van der Waals surface area (Å²) in [5.41, 5.74) is 3.09. The molecule has 0 N–H and O–H groups in total. The first-order chi connectivity index (χ1) is 12.0. The normalized spacial score (nSPS) is 10.5. The van der Waals surface area contributed by atoms with Gasteiger partial charge in [-0.3, -0.25) is 9.78 Å². The van der Waals surface area contributed by atoms with Crippen LogP contribution in [0, 0.1) is 6.92 Å². The van der Waals surface area contributed by atoms with Crippen LogP contribution in [-0.4, -0.2) is 10.9 Å². The van der Waals surface area contributed by atoms with E-state index in [1.807, 2.05) is 37.3 Å². The van der Waals surface area contributed by atoms with Crippen molar-refractivity contribution in [3.05, 3.63) is 93.7 Å². The van der Waals surface area contributed by atoms with E-state index in [9.17, 15) is 4.79 Å². The van der Waals surface area contributed by atoms with Crippen molar-refractivity contribution in [3.63, 3.8) is 0 Å². The standard InChI is InChI=1S/C20H16Cl2N2O/c1-14-12-23-8-7-19(14)20(25)24(13-15-5-3-2-4-6-15)18-10-16(21)9-17(22)11-18/h2-12H,13H2,1H3. The Labute approximate surface area is 156 Å². The molecule has 5 heteroatoms. The van der Waals surface area contributed by atoms with Crippen molar-refractivity contribution in [2.75, 3.05) is 4.90 Å². The smallest absolute Gasteiger partial charge is 0.258 e. The van der Waals surface area contributed by atoms with Crippen LogP contribution in [0.2, 0.25) is 10.0 Å². The number of halogens is 2. The molecule has 2 aromatic carbocycles. The fourth-order valence-corrected chi connectivity index (χ4v) is 3.11. The van der Waals surface area contributed by atoms with E-state index in [4.69, 9.17) is 23.2 Å². The Kier molecular flexibility index (Phi) is 5.37. The highest BCUT2D eigenvalue weighted by Crippen LogP contribution is 2.28. The van der Waals surface area contributed by atoms with Crippen LogP contribution in [0.3, 0.4) is 0 Å². The van der Waals surface area contributed by atoms with Crippen LogP contribution in [0.25, 0.3) is 0 Å². The highest BCUT2D eigenvalue weighted by Gasteiger charge is 2.20. The zero-order chi connectivity index (χ0) is 17.8. The van der Waals surface area contributed by atoms with Crippen molar-refractivity contribution in [1.82, 2.24) is 4.98 Å². The quantitative estimate of drug-likeness (QED) is 0.603. The lowest BCUT2D eigenvalue weighted by Crippen LogP contribution is -2.31. The third-order valence-corrected chi connectivity index (χ3v) is 4.27. The fraction of sp³-hybridized carbons (Fsp3) is 0.100. The predicted octanol–water partition coefficient (Wildman–Crippen LogP) is 5.54. The maximum Gasteiger partial charge on any atom is 0.258 e. The molecule has 0 bridgehead atoms. The Hall–Kier alpha value is -2.36. The second kappa shape index (κ2) is 7.68. The van der Waals surface area contributed by atoms with Gasteiger partial charge < -0.3 is 4.90 Å². The van der Waals surface area contributed by atoms with E-state index in [0.717, 1.165) is 11.1 Å². The van der Waals surface area contributed by atoms with Gasteiger partial charge in [-0.25, -0.2) is 0 Å². The van der Waals surface area contributed by atoms with E-state index in [2.05, 4.69) is 4.98 Å². The second-order valence-corrected chi connectivity index (χ2v) is 6.57. The number of anilines is 1. The highest BCUT2D eigenvalue weighted by atomic mass is 35.5. The Morgan fingerprint density at radius 2 is 1.72 bits per heavy atom. The molecule has 0 saturated carbocycles. The van der Waals surface area contributed by atoms with Crippen molar-refractivity contribution in [2.24, 2.45) is 0 Å². The molecule has 0 saturated heterocycles. The van der Waals surface area contributed by atoms with Crippen molar-refractivity contribution in [2.45, 2.75) is 13.5 Å². The van der Waals surface area contributed by atoms with Gasteiger partial charge in [-0.2, -0.15) is 0 Å². The highest BCUT2D eigenvalue weighted by molar-refractivity contribution is 6.35. The molecule has 3 aromatic rings. The summed E-state index contributed by atoms with van der Waals surface area (Å²) in [6, 6.07) is 16.6. The molecule has 3 nitrogen and oxygen atoms in total. The number of rotatable bonds is 4. The number of hydrogen-bond acceptors (Lipinski definition) is 2. The first kappa shape index (κ1) is 17.5. The first-order valence-corrected chi connectivity index (χ1v) is 8.52. The molecule has 126 valence electrons. The van der Waals surface area contributed by atoms with Crippen LogP contribution in [0.15, 0.2) is 67.0 Å². The van der Waals surface area contributed by atoms with E-state index in [1.165, 1.54) is 0 Å². The third kappa shape index (κ3) is 4.19. The minimum absolute atomic E-state index is 0.123. The van der Waals surface area contributed by atoms with Crippen LogP contribution < -0.4 is 4.90 Å². The molecule has 0 radical (unpaired) electrons. The van der Waals surface area contributed by atoms with E-state index < -0.39 is 0 Å². The van der Waals surface area contributed by atoms with Gasteiger partial charge in [-0.1, -0.05) is 53.5 Å². The number of nitrogens with zero attached hydrogens (tertiary/aromatic N) is 2. The van der Waals surface area contributed by atoms with Crippen molar-refractivity contribution in [3.8, 4) is 0 Å². The summed E-state index contributed by atoms with van der Waals surface area (Å²) >= 11 is 12.3. The van der Waals surface area contributed by atoms with Crippen molar-refractivity contribution >= 4 is 34.8 Å². The van der Waals surface area contributed by atoms with Gasteiger partial charge in [0.05, 0.1) is 6.54 Å². The van der Waals surface area contributed by atoms with Crippen LogP contribution in [-0.2, 0) is 6.54 Å². The molecule has 1 aromatic heterocycles. The largest absolute Gasteiger partial charge is 0.304 e. The van der Waals surface area contributed by atoms with Crippen molar-refractivity contribution < 1.29 is 4.79 Å². The van der Waals surface area contributed by atoms with Gasteiger partial charge in [-0.05, 0) is 42.3 Å². The molecule has 0 aliphatic rings. The number of hydrogen-bond donors (Lipinski definition) is 0. The second-order valence-electron chi connectivity index (χ2n) is 5.70. The van der Waals surface area contributed by atoms with Gasteiger partial charge in [0.25, 0.3) is 5.91 Å². The summed E-state index contributed by atoms with van der Waals surface area (Å²) in [6.45, 7) is 2.28. The molecule has 1 amide bonds. The maximum absolute atomic E-state index is 13.2. The van der Waals surface area contributed by atoms with Crippen LogP contribution in [0.5, 0.6) is 0 Å². The fourth-order valence-electron chi connectivity index (χ4n) is 2.60. The van der Waals surface area contributed by atoms with E-state index in [-0.39, 0.29) is 5.91 Å². The lowest BCUT2D eigenvalue weighted by molar-refractivity contribution is 0.0984. The van der Waals surface area contributed by atoms with Gasteiger partial charge in [0, 0.05) is 33.7 Å². The summed E-state index contributed by atoms with van der Waals surface area (Å²) in [4.78, 5) is 18.9. The predicted molar refractivity (Wildman–Crippen MR) is 102 cm³/mol. The van der Waals surface area contributed by atoms with E-state index >= 15 is 0 Å². The molecule has 0 atom stereocenters. The van der Waals surface area contributed by atoms with Gasteiger partial charge in [0.1, 0.15) is 0 Å². The van der Waals surface area contributed by atoms with Crippen LogP contribution >= 0.6 is 23.2 Å². The monoisotopic (exact) mass is 370 g/mol. The van der Waals surface area contributed by atoms with Crippen LogP contribution in [0.4, 0.5) is 5.69 Å². The van der Waals surface area contributed by atoms with Gasteiger partial charge in [0.2, 0.25) is 0 Å². The number of aromatic nitrogens is 1. The Balaban J connectivity index is 2.05. The van der Waals surface area contributed by atoms with Gasteiger partial charge in [-0.15, -0.1) is 0 Å². The van der Waals surface area contributed by atoms with Gasteiger partial charge >= 0.3 is 0 Å². The third-order valence-electron chi connectivity index (χ3n) is 3.84. The first-order valence-electron chi connectivity index (χ1n) is 7.77. The molecule has 0 unspecified atom stereocenters. The Morgan fingerprint density at radius 3 is 2.36 bits per heavy atom. The van der Waals surface area contributed by atoms with E-state index in [0.29, 0.717) is 27.8 Å². The summed E-state index contributed by atoms with van der Waals surface area (Å²) in [6.07, 6.45) is 3.30. The minimum atomic E-state index is -0.123. The van der Waals surface area contributed by atoms with Gasteiger partial charge in [0.15, 0.2) is 0 Å². The zero-order valence-electron chi connectivity index (χ0n) is 13.6. The summed E-state index contributed by atoms with van der Waals surface area (Å²) < 4.78 is 0. The maximum atomic E-state index is 13.2. The lowest BCUT2D eigenvalue weighted by Gasteiger charge is -2.24. The molecular weight excluding hydrogens is 355 g/mol. The number of carbonyl (C=O) groups is 1. The molecule has 0 spiro atoms. The molecule has 3 rings (SSSR count). The Morgan fingerprint density at radius 1 is 1.04 bits per heavy atom. The number of carbonyl (C=O) groups excluding carboxylic acids is 1. The lowest BCUT2D eigenvalue weighted by atomic mass is 10.1. The molecular formula is C20H16Cl2N2O. The molecule has 0 aliphatic heterocycles. The topological polar surface area (TPSA) is 33.2 Å². The number of amides is 1. The van der Waals surface area contributed by atoms with Crippen LogP contribution in [0.1, 0.15) is 21.5 Å². The minimum Gasteiger partial charge on any atom is -0.304 e. The summed E-state index contributed by atoms with van der Waals surface area (Å²) in [5, 5.41) is 0.972. The average molecular weight is 371 g/mol. The summed E-state index contributed by atoms with van der Waals surface area (Å²) in [5.74, 6) is -0.123.